The van der Waals surface area contributed by atoms with E-state index in [4.69, 9.17) is 24.8 Å². The summed E-state index contributed by atoms with van der Waals surface area (Å²) >= 11 is 0. The van der Waals surface area contributed by atoms with Crippen LogP contribution >= 0.6 is 0 Å². The second-order valence-corrected chi connectivity index (χ2v) is 11.3. The first-order chi connectivity index (χ1) is 19.1. The fraction of sp³-hybridized carbons (Fsp3) is 0.655. The van der Waals surface area contributed by atoms with Crippen molar-refractivity contribution in [1.29, 1.82) is 0 Å². The van der Waals surface area contributed by atoms with Crippen molar-refractivity contribution in [2.24, 2.45) is 0 Å². The van der Waals surface area contributed by atoms with Crippen molar-refractivity contribution >= 4 is 22.7 Å². The first-order valence-corrected chi connectivity index (χ1v) is 14.8. The van der Waals surface area contributed by atoms with Crippen LogP contribution in [-0.4, -0.2) is 86.3 Å². The zero-order chi connectivity index (χ0) is 26.8. The maximum Gasteiger partial charge on any atom is 0.153 e. The highest BCUT2D eigenvalue weighted by atomic mass is 16.5. The minimum atomic E-state index is -0.0963. The predicted molar refractivity (Wildman–Crippen MR) is 153 cm³/mol. The molecule has 0 aromatic carbocycles. The molecule has 2 saturated heterocycles. The van der Waals surface area contributed by atoms with Gasteiger partial charge in [-0.3, -0.25) is 4.68 Å². The molecule has 5 heterocycles. The molecule has 0 radical (unpaired) electrons. The number of rotatable bonds is 7. The van der Waals surface area contributed by atoms with E-state index in [2.05, 4.69) is 33.3 Å². The molecule has 3 N–H and O–H groups in total. The van der Waals surface area contributed by atoms with E-state index in [1.165, 1.54) is 0 Å². The highest BCUT2D eigenvalue weighted by Crippen LogP contribution is 2.34. The molecule has 10 heteroatoms. The third-order valence-electron chi connectivity index (χ3n) is 8.87. The molecule has 210 valence electrons. The minimum absolute atomic E-state index is 0.0963. The number of pyridine rings is 1. The summed E-state index contributed by atoms with van der Waals surface area (Å²) in [5, 5.41) is 21.5. The van der Waals surface area contributed by atoms with Crippen molar-refractivity contribution < 1.29 is 9.84 Å². The number of fused-ring (bicyclic) bond motifs is 1. The maximum absolute atomic E-state index is 9.87. The molecule has 39 heavy (non-hydrogen) atoms. The fourth-order valence-electron chi connectivity index (χ4n) is 6.48. The van der Waals surface area contributed by atoms with E-state index in [-0.39, 0.29) is 6.10 Å². The second kappa shape index (κ2) is 11.7. The van der Waals surface area contributed by atoms with Crippen molar-refractivity contribution in [1.82, 2.24) is 29.6 Å². The van der Waals surface area contributed by atoms with Gasteiger partial charge < -0.3 is 25.4 Å². The van der Waals surface area contributed by atoms with Gasteiger partial charge in [-0.1, -0.05) is 6.92 Å². The van der Waals surface area contributed by atoms with Crippen molar-refractivity contribution in [2.45, 2.75) is 88.9 Å². The number of aromatic nitrogens is 5. The Bertz CT molecular complexity index is 1260. The summed E-state index contributed by atoms with van der Waals surface area (Å²) in [5.41, 5.74) is 4.57. The molecule has 10 nitrogen and oxygen atoms in total. The zero-order valence-electron chi connectivity index (χ0n) is 23.3. The van der Waals surface area contributed by atoms with Crippen LogP contribution in [0, 0.1) is 0 Å². The van der Waals surface area contributed by atoms with Crippen LogP contribution < -0.4 is 10.6 Å². The van der Waals surface area contributed by atoms with Gasteiger partial charge in [0.2, 0.25) is 0 Å². The van der Waals surface area contributed by atoms with Crippen molar-refractivity contribution in [3.05, 3.63) is 24.3 Å². The number of anilines is 2. The third-order valence-corrected chi connectivity index (χ3v) is 8.87. The van der Waals surface area contributed by atoms with Gasteiger partial charge in [0.05, 0.1) is 24.0 Å². The zero-order valence-corrected chi connectivity index (χ0v) is 23.3. The van der Waals surface area contributed by atoms with Gasteiger partial charge in [0, 0.05) is 69.0 Å². The maximum atomic E-state index is 9.87. The largest absolute Gasteiger partial charge is 0.393 e. The van der Waals surface area contributed by atoms with Crippen LogP contribution in [0.5, 0.6) is 0 Å². The standard InChI is InChI=1S/C29H42N8O2/c1-3-25-28(33-20-10-14-39-15-11-20)35-26-24(17-31-29(30-2)27(26)34-25)19-16-32-37(18-19)22-8-12-36(13-9-22)21-4-6-23(38)7-5-21/h16-18,20-23,38H,3-15H2,1-2H3,(H,30,31)(H,33,35). The average Bonchev–Trinajstić information content (AvgIpc) is 3.47. The third kappa shape index (κ3) is 5.60. The summed E-state index contributed by atoms with van der Waals surface area (Å²) in [7, 11) is 1.88. The molecular weight excluding hydrogens is 492 g/mol. The number of likely N-dealkylation sites (tertiary alicyclic amines) is 1. The van der Waals surface area contributed by atoms with Crippen LogP contribution in [0.3, 0.4) is 0 Å². The summed E-state index contributed by atoms with van der Waals surface area (Å²) in [6, 6.07) is 1.36. The molecule has 3 fully saturated rings. The number of hydrogen-bond donors (Lipinski definition) is 3. The first-order valence-electron chi connectivity index (χ1n) is 14.8. The van der Waals surface area contributed by atoms with Crippen LogP contribution in [0.2, 0.25) is 0 Å². The highest BCUT2D eigenvalue weighted by Gasteiger charge is 2.29. The quantitative estimate of drug-likeness (QED) is 0.414. The molecule has 1 saturated carbocycles. The van der Waals surface area contributed by atoms with Crippen molar-refractivity contribution in [2.75, 3.05) is 44.0 Å². The summed E-state index contributed by atoms with van der Waals surface area (Å²) in [5.74, 6) is 1.60. The van der Waals surface area contributed by atoms with Gasteiger partial charge in [-0.15, -0.1) is 0 Å². The Morgan fingerprint density at radius 1 is 0.923 bits per heavy atom. The molecular formula is C29H42N8O2. The Kier molecular flexibility index (Phi) is 7.95. The summed E-state index contributed by atoms with van der Waals surface area (Å²) < 4.78 is 7.69. The number of piperidine rings is 1. The fourth-order valence-corrected chi connectivity index (χ4v) is 6.48. The van der Waals surface area contributed by atoms with E-state index in [0.717, 1.165) is 124 Å². The molecule has 0 atom stereocenters. The number of aliphatic hydroxyl groups is 1. The molecule has 0 unspecified atom stereocenters. The smallest absolute Gasteiger partial charge is 0.153 e. The summed E-state index contributed by atoms with van der Waals surface area (Å²) in [6.45, 7) is 5.86. The molecule has 3 aromatic rings. The number of aliphatic hydroxyl groups excluding tert-OH is 1. The van der Waals surface area contributed by atoms with Gasteiger partial charge in [-0.05, 0) is 57.8 Å². The molecule has 2 aliphatic heterocycles. The Morgan fingerprint density at radius 3 is 2.41 bits per heavy atom. The molecule has 0 amide bonds. The van der Waals surface area contributed by atoms with Crippen LogP contribution in [0.15, 0.2) is 18.6 Å². The van der Waals surface area contributed by atoms with Crippen LogP contribution in [0.25, 0.3) is 22.2 Å². The van der Waals surface area contributed by atoms with E-state index in [1.807, 2.05) is 19.4 Å². The number of ether oxygens (including phenoxy) is 1. The number of nitrogens with one attached hydrogen (secondary N) is 2. The van der Waals surface area contributed by atoms with Crippen LogP contribution in [0.4, 0.5) is 11.6 Å². The van der Waals surface area contributed by atoms with Gasteiger partial charge in [-0.25, -0.2) is 15.0 Å². The molecule has 0 spiro atoms. The lowest BCUT2D eigenvalue weighted by molar-refractivity contribution is 0.0559. The SMILES string of the molecule is CCc1nc2c(NC)ncc(-c3cnn(C4CCN(C5CCC(O)CC5)CC4)c3)c2nc1NC1CCOCC1. The Balaban J connectivity index is 1.24. The number of nitrogens with zero attached hydrogens (tertiary/aromatic N) is 6. The summed E-state index contributed by atoms with van der Waals surface area (Å²) in [6.07, 6.45) is 15.0. The predicted octanol–water partition coefficient (Wildman–Crippen LogP) is 4.02. The van der Waals surface area contributed by atoms with Crippen molar-refractivity contribution in [3.8, 4) is 11.1 Å². The van der Waals surface area contributed by atoms with E-state index >= 15 is 0 Å². The minimum Gasteiger partial charge on any atom is -0.393 e. The molecule has 0 bridgehead atoms. The lowest BCUT2D eigenvalue weighted by Gasteiger charge is -2.40. The molecule has 6 rings (SSSR count). The monoisotopic (exact) mass is 534 g/mol. The number of hydrogen-bond acceptors (Lipinski definition) is 9. The van der Waals surface area contributed by atoms with E-state index in [9.17, 15) is 5.11 Å². The lowest BCUT2D eigenvalue weighted by Crippen LogP contribution is -2.44. The highest BCUT2D eigenvalue weighted by molar-refractivity contribution is 5.97. The van der Waals surface area contributed by atoms with Gasteiger partial charge in [-0.2, -0.15) is 5.10 Å². The van der Waals surface area contributed by atoms with E-state index in [0.29, 0.717) is 18.1 Å². The average molecular weight is 535 g/mol. The second-order valence-electron chi connectivity index (χ2n) is 11.3. The van der Waals surface area contributed by atoms with E-state index < -0.39 is 0 Å². The molecule has 3 aliphatic rings. The Hall–Kier alpha value is -2.82. The van der Waals surface area contributed by atoms with Gasteiger partial charge in [0.1, 0.15) is 16.9 Å². The van der Waals surface area contributed by atoms with Gasteiger partial charge in [0.15, 0.2) is 5.82 Å². The van der Waals surface area contributed by atoms with Crippen molar-refractivity contribution in [3.63, 3.8) is 0 Å². The van der Waals surface area contributed by atoms with Crippen LogP contribution in [0.1, 0.15) is 70.0 Å². The first kappa shape index (κ1) is 26.4. The lowest BCUT2D eigenvalue weighted by atomic mass is 9.90. The summed E-state index contributed by atoms with van der Waals surface area (Å²) in [4.78, 5) is 17.5. The van der Waals surface area contributed by atoms with Gasteiger partial charge >= 0.3 is 0 Å². The molecule has 3 aromatic heterocycles. The molecule has 1 aliphatic carbocycles. The van der Waals surface area contributed by atoms with Crippen LogP contribution in [-0.2, 0) is 11.2 Å². The Morgan fingerprint density at radius 2 is 1.69 bits per heavy atom. The number of aryl methyl sites for hydroxylation is 1. The van der Waals surface area contributed by atoms with Gasteiger partial charge in [0.25, 0.3) is 0 Å². The Labute approximate surface area is 230 Å². The normalized spacial score (nSPS) is 23.8. The topological polar surface area (TPSA) is 113 Å². The van der Waals surface area contributed by atoms with E-state index in [1.54, 1.807) is 0 Å².